The van der Waals surface area contributed by atoms with E-state index in [1.165, 1.54) is 0 Å². The Morgan fingerprint density at radius 3 is 2.69 bits per heavy atom. The molecule has 1 atom stereocenters. The average Bonchev–Trinajstić information content (AvgIpc) is 2.72. The number of hydrogen-bond acceptors (Lipinski definition) is 6. The van der Waals surface area contributed by atoms with Gasteiger partial charge >= 0.3 is 6.18 Å². The van der Waals surface area contributed by atoms with Crippen molar-refractivity contribution >= 4 is 23.1 Å². The Morgan fingerprint density at radius 2 is 2.06 bits per heavy atom. The Balaban J connectivity index is 1.80. The maximum absolute atomic E-state index is 12.8. The van der Waals surface area contributed by atoms with Gasteiger partial charge in [0.15, 0.2) is 5.78 Å². The van der Waals surface area contributed by atoms with Crippen LogP contribution in [0.3, 0.4) is 0 Å². The molecule has 2 aromatic rings. The summed E-state index contributed by atoms with van der Waals surface area (Å²) in [7, 11) is 0. The van der Waals surface area contributed by atoms with E-state index >= 15 is 0 Å². The zero-order valence-corrected chi connectivity index (χ0v) is 18.0. The minimum Gasteiger partial charge on any atom is -0.511 e. The number of ketones is 1. The molecule has 0 radical (unpaired) electrons. The summed E-state index contributed by atoms with van der Waals surface area (Å²) >= 11 is 5.90. The van der Waals surface area contributed by atoms with Crippen molar-refractivity contribution in [3.63, 3.8) is 0 Å². The summed E-state index contributed by atoms with van der Waals surface area (Å²) in [6, 6.07) is 7.40. The first-order valence-electron chi connectivity index (χ1n) is 9.73. The van der Waals surface area contributed by atoms with Crippen LogP contribution in [-0.2, 0) is 15.8 Å². The van der Waals surface area contributed by atoms with Crippen LogP contribution in [0.15, 0.2) is 53.0 Å². The number of Topliss-reactive ketones (excluding diaryl/α,β-unsaturated/α-hetero) is 1. The summed E-state index contributed by atoms with van der Waals surface area (Å²) in [5.41, 5.74) is 0.199. The Morgan fingerprint density at radius 1 is 1.31 bits per heavy atom. The van der Waals surface area contributed by atoms with Crippen LogP contribution in [0.2, 0.25) is 5.02 Å². The van der Waals surface area contributed by atoms with Gasteiger partial charge in [0.1, 0.15) is 23.1 Å². The Labute approximate surface area is 187 Å². The molecule has 1 heterocycles. The molecule has 0 bridgehead atoms. The number of aliphatic hydroxyl groups excluding tert-OH is 1. The van der Waals surface area contributed by atoms with Gasteiger partial charge in [-0.2, -0.15) is 13.2 Å². The number of pyridine rings is 1. The molecule has 1 N–H and O–H groups in total. The highest BCUT2D eigenvalue weighted by Gasteiger charge is 2.32. The molecule has 3 rings (SSSR count). The molecule has 1 unspecified atom stereocenters. The topological polar surface area (TPSA) is 81.0 Å². The number of oxime groups is 1. The largest absolute Gasteiger partial charge is 0.511 e. The molecule has 1 aromatic heterocycles. The maximum atomic E-state index is 12.8. The summed E-state index contributed by atoms with van der Waals surface area (Å²) in [5, 5.41) is 14.0. The van der Waals surface area contributed by atoms with E-state index in [4.69, 9.17) is 21.2 Å². The fourth-order valence-corrected chi connectivity index (χ4v) is 3.55. The second-order valence-corrected chi connectivity index (χ2v) is 7.53. The smallest absolute Gasteiger partial charge is 0.417 e. The van der Waals surface area contributed by atoms with Crippen molar-refractivity contribution in [2.24, 2.45) is 5.16 Å². The van der Waals surface area contributed by atoms with Crippen molar-refractivity contribution < 1.29 is 32.6 Å². The highest BCUT2D eigenvalue weighted by molar-refractivity contribution is 6.31. The van der Waals surface area contributed by atoms with Gasteiger partial charge < -0.3 is 14.7 Å². The van der Waals surface area contributed by atoms with Gasteiger partial charge in [-0.3, -0.25) is 4.79 Å². The number of aromatic nitrogens is 1. The van der Waals surface area contributed by atoms with Crippen molar-refractivity contribution in [1.82, 2.24) is 4.98 Å². The van der Waals surface area contributed by atoms with E-state index in [-0.39, 0.29) is 52.5 Å². The molecule has 0 aliphatic heterocycles. The molecule has 170 valence electrons. The number of ether oxygens (including phenoxy) is 1. The summed E-state index contributed by atoms with van der Waals surface area (Å²) in [4.78, 5) is 21.2. The predicted molar refractivity (Wildman–Crippen MR) is 112 cm³/mol. The molecule has 0 spiro atoms. The Kier molecular flexibility index (Phi) is 7.08. The summed E-state index contributed by atoms with van der Waals surface area (Å²) in [6.45, 7) is 3.69. The van der Waals surface area contributed by atoms with Crippen LogP contribution in [0.1, 0.15) is 43.7 Å². The number of aliphatic hydroxyl groups is 1. The van der Waals surface area contributed by atoms with E-state index in [0.29, 0.717) is 24.1 Å². The van der Waals surface area contributed by atoms with Crippen molar-refractivity contribution in [3.05, 3.63) is 64.0 Å². The molecule has 1 aliphatic carbocycles. The quantitative estimate of drug-likeness (QED) is 0.402. The van der Waals surface area contributed by atoms with Gasteiger partial charge in [0.25, 0.3) is 0 Å². The fraction of sp³-hybridized carbons (Fsp3) is 0.318. The molecule has 10 heteroatoms. The lowest BCUT2D eigenvalue weighted by atomic mass is 9.81. The van der Waals surface area contributed by atoms with E-state index in [2.05, 4.69) is 10.1 Å². The predicted octanol–water partition coefficient (Wildman–Crippen LogP) is 6.22. The molecule has 32 heavy (non-hydrogen) atoms. The molecular weight excluding hydrogens is 449 g/mol. The van der Waals surface area contributed by atoms with Gasteiger partial charge in [-0.15, -0.1) is 0 Å². The maximum Gasteiger partial charge on any atom is 0.417 e. The SMILES string of the molecule is CCO/N=C(\C)C1=C(O)CC(c2cccc(Oc3ncc(C(F)(F)F)cc3Cl)c2)CC1=O. The number of carbonyl (C=O) groups excluding carboxylic acids is 1. The summed E-state index contributed by atoms with van der Waals surface area (Å²) in [5.74, 6) is -0.549. The highest BCUT2D eigenvalue weighted by atomic mass is 35.5. The molecule has 1 aromatic carbocycles. The van der Waals surface area contributed by atoms with Crippen molar-refractivity contribution in [2.45, 2.75) is 38.8 Å². The van der Waals surface area contributed by atoms with Crippen molar-refractivity contribution in [3.8, 4) is 11.6 Å². The summed E-state index contributed by atoms with van der Waals surface area (Å²) in [6.07, 6.45) is -3.58. The van der Waals surface area contributed by atoms with Gasteiger partial charge in [-0.25, -0.2) is 4.98 Å². The number of nitrogens with zero attached hydrogens (tertiary/aromatic N) is 2. The molecule has 0 saturated heterocycles. The second kappa shape index (κ2) is 9.60. The normalized spacial score (nSPS) is 17.5. The van der Waals surface area contributed by atoms with Gasteiger partial charge in [0.05, 0.1) is 16.8 Å². The van der Waals surface area contributed by atoms with Crippen LogP contribution in [0, 0.1) is 0 Å². The molecule has 1 aliphatic rings. The number of rotatable bonds is 6. The van der Waals surface area contributed by atoms with Gasteiger partial charge in [0.2, 0.25) is 5.88 Å². The third-order valence-electron chi connectivity index (χ3n) is 4.81. The molecule has 0 fully saturated rings. The fourth-order valence-electron chi connectivity index (χ4n) is 3.35. The van der Waals surface area contributed by atoms with E-state index in [0.717, 1.165) is 6.07 Å². The molecular formula is C22H20ClF3N2O4. The first-order valence-corrected chi connectivity index (χ1v) is 10.1. The van der Waals surface area contributed by atoms with Crippen LogP contribution in [0.25, 0.3) is 0 Å². The third-order valence-corrected chi connectivity index (χ3v) is 5.08. The van der Waals surface area contributed by atoms with Crippen LogP contribution in [-0.4, -0.2) is 28.2 Å². The Bertz CT molecular complexity index is 1080. The molecule has 6 nitrogen and oxygen atoms in total. The number of benzene rings is 1. The van der Waals surface area contributed by atoms with Crippen LogP contribution in [0.5, 0.6) is 11.6 Å². The van der Waals surface area contributed by atoms with E-state index in [9.17, 15) is 23.1 Å². The lowest BCUT2D eigenvalue weighted by Crippen LogP contribution is -2.22. The molecule has 0 saturated carbocycles. The minimum absolute atomic E-state index is 0.0778. The van der Waals surface area contributed by atoms with E-state index in [1.807, 2.05) is 0 Å². The first kappa shape index (κ1) is 23.6. The third kappa shape index (κ3) is 5.40. The van der Waals surface area contributed by atoms with E-state index in [1.54, 1.807) is 38.1 Å². The van der Waals surface area contributed by atoms with E-state index < -0.39 is 11.7 Å². The van der Waals surface area contributed by atoms with Gasteiger partial charge in [-0.05, 0) is 43.5 Å². The van der Waals surface area contributed by atoms with Gasteiger partial charge in [0, 0.05) is 19.0 Å². The standard InChI is InChI=1S/C22H20ClF3N2O4/c1-3-31-28-12(2)20-18(29)8-14(9-19(20)30)13-5-4-6-16(7-13)32-21-17(23)10-15(11-27-21)22(24,25)26/h4-7,10-11,14,29H,3,8-9H2,1-2H3/b28-12+. The number of halogens is 4. The lowest BCUT2D eigenvalue weighted by molar-refractivity contribution is -0.137. The second-order valence-electron chi connectivity index (χ2n) is 7.13. The van der Waals surface area contributed by atoms with Crippen LogP contribution in [0.4, 0.5) is 13.2 Å². The van der Waals surface area contributed by atoms with Crippen molar-refractivity contribution in [1.29, 1.82) is 0 Å². The van der Waals surface area contributed by atoms with Crippen LogP contribution >= 0.6 is 11.6 Å². The number of carbonyl (C=O) groups is 1. The Hall–Kier alpha value is -3.07. The number of hydrogen-bond donors (Lipinski definition) is 1. The highest BCUT2D eigenvalue weighted by Crippen LogP contribution is 2.37. The zero-order chi connectivity index (χ0) is 23.5. The minimum atomic E-state index is -4.57. The summed E-state index contributed by atoms with van der Waals surface area (Å²) < 4.78 is 43.9. The lowest BCUT2D eigenvalue weighted by Gasteiger charge is -2.24. The first-order chi connectivity index (χ1) is 15.1. The average molecular weight is 469 g/mol. The monoisotopic (exact) mass is 468 g/mol. The number of allylic oxidation sites excluding steroid dienone is 2. The van der Waals surface area contributed by atoms with Crippen molar-refractivity contribution in [2.75, 3.05) is 6.61 Å². The zero-order valence-electron chi connectivity index (χ0n) is 17.2. The van der Waals surface area contributed by atoms with Gasteiger partial charge in [-0.1, -0.05) is 28.9 Å². The van der Waals surface area contributed by atoms with Crippen LogP contribution < -0.4 is 4.74 Å². The number of alkyl halides is 3. The molecule has 0 amide bonds.